The van der Waals surface area contributed by atoms with Crippen molar-refractivity contribution < 1.29 is 9.21 Å². The molecule has 6 heteroatoms. The Morgan fingerprint density at radius 2 is 1.81 bits per heavy atom. The van der Waals surface area contributed by atoms with E-state index in [0.29, 0.717) is 38.8 Å². The third-order valence-electron chi connectivity index (χ3n) is 5.19. The second-order valence-corrected chi connectivity index (χ2v) is 8.58. The number of nitrogens with zero attached hydrogens (tertiary/aromatic N) is 1. The number of anilines is 1. The number of nitrogens with one attached hydrogen (secondary N) is 1. The van der Waals surface area contributed by atoms with Gasteiger partial charge in [-0.1, -0.05) is 57.9 Å². The van der Waals surface area contributed by atoms with Crippen LogP contribution in [0.3, 0.4) is 0 Å². The van der Waals surface area contributed by atoms with Gasteiger partial charge in [-0.2, -0.15) is 0 Å². The monoisotopic (exact) mass is 490 g/mol. The van der Waals surface area contributed by atoms with Crippen molar-refractivity contribution in [1.82, 2.24) is 4.98 Å². The van der Waals surface area contributed by atoms with Crippen LogP contribution in [0.25, 0.3) is 33.3 Å². The zero-order valence-electron chi connectivity index (χ0n) is 16.4. The molecule has 0 radical (unpaired) electrons. The standard InChI is InChI=1S/C25H16BrClN2O2/c1-14-6-9-19(18-5-3-2-4-17(14)18)24(30)28-16-8-11-23-22(13-16)29-25(31-23)20-12-15(26)7-10-21(20)27/h2-13H,1H3,(H,28,30). The second-order valence-electron chi connectivity index (χ2n) is 7.26. The van der Waals surface area contributed by atoms with Crippen molar-refractivity contribution in [2.75, 3.05) is 5.32 Å². The van der Waals surface area contributed by atoms with Crippen molar-refractivity contribution >= 4 is 61.0 Å². The van der Waals surface area contributed by atoms with Gasteiger partial charge in [0, 0.05) is 15.7 Å². The summed E-state index contributed by atoms with van der Waals surface area (Å²) in [5.41, 5.74) is 4.35. The predicted octanol–water partition coefficient (Wildman–Crippen LogP) is 7.62. The van der Waals surface area contributed by atoms with Gasteiger partial charge in [-0.15, -0.1) is 0 Å². The minimum atomic E-state index is -0.172. The zero-order chi connectivity index (χ0) is 21.5. The van der Waals surface area contributed by atoms with Crippen molar-refractivity contribution in [2.24, 2.45) is 0 Å². The van der Waals surface area contributed by atoms with Gasteiger partial charge < -0.3 is 9.73 Å². The van der Waals surface area contributed by atoms with E-state index in [1.54, 1.807) is 24.3 Å². The van der Waals surface area contributed by atoms with Crippen LogP contribution < -0.4 is 5.32 Å². The van der Waals surface area contributed by atoms with Crippen LogP contribution in [0.5, 0.6) is 0 Å². The minimum absolute atomic E-state index is 0.172. The maximum atomic E-state index is 13.0. The fourth-order valence-electron chi connectivity index (χ4n) is 3.63. The SMILES string of the molecule is Cc1ccc(C(=O)Nc2ccc3oc(-c4cc(Br)ccc4Cl)nc3c2)c2ccccc12. The number of rotatable bonds is 3. The van der Waals surface area contributed by atoms with Crippen LogP contribution >= 0.6 is 27.5 Å². The largest absolute Gasteiger partial charge is 0.436 e. The Labute approximate surface area is 192 Å². The van der Waals surface area contributed by atoms with Crippen molar-refractivity contribution in [3.05, 3.63) is 93.4 Å². The summed E-state index contributed by atoms with van der Waals surface area (Å²) < 4.78 is 6.76. The van der Waals surface area contributed by atoms with E-state index in [2.05, 4.69) is 26.2 Å². The fraction of sp³-hybridized carbons (Fsp3) is 0.0400. The molecule has 0 saturated heterocycles. The Hall–Kier alpha value is -3.15. The molecule has 0 bridgehead atoms. The molecule has 1 amide bonds. The summed E-state index contributed by atoms with van der Waals surface area (Å²) in [5.74, 6) is 0.253. The molecule has 0 aliphatic heterocycles. The number of hydrogen-bond donors (Lipinski definition) is 1. The fourth-order valence-corrected chi connectivity index (χ4v) is 4.19. The number of fused-ring (bicyclic) bond motifs is 2. The summed E-state index contributed by atoms with van der Waals surface area (Å²) in [6, 6.07) is 22.6. The quantitative estimate of drug-likeness (QED) is 0.282. The molecule has 5 aromatic rings. The van der Waals surface area contributed by atoms with Crippen molar-refractivity contribution in [3.63, 3.8) is 0 Å². The van der Waals surface area contributed by atoms with Gasteiger partial charge in [0.05, 0.1) is 10.6 Å². The molecule has 5 rings (SSSR count). The lowest BCUT2D eigenvalue weighted by Gasteiger charge is -2.10. The highest BCUT2D eigenvalue weighted by Gasteiger charge is 2.15. The normalized spacial score (nSPS) is 11.2. The average molecular weight is 492 g/mol. The first-order chi connectivity index (χ1) is 15.0. The van der Waals surface area contributed by atoms with Gasteiger partial charge in [0.25, 0.3) is 5.91 Å². The molecule has 0 atom stereocenters. The number of aryl methyl sites for hydroxylation is 1. The van der Waals surface area contributed by atoms with Gasteiger partial charge in [-0.25, -0.2) is 4.98 Å². The van der Waals surface area contributed by atoms with Crippen molar-refractivity contribution in [2.45, 2.75) is 6.92 Å². The molecule has 4 nitrogen and oxygen atoms in total. The number of carbonyl (C=O) groups excluding carboxylic acids is 1. The van der Waals surface area contributed by atoms with Gasteiger partial charge in [0.1, 0.15) is 5.52 Å². The lowest BCUT2D eigenvalue weighted by Crippen LogP contribution is -2.12. The smallest absolute Gasteiger partial charge is 0.256 e. The molecule has 0 aliphatic carbocycles. The number of amides is 1. The van der Waals surface area contributed by atoms with E-state index in [4.69, 9.17) is 16.0 Å². The molecule has 1 aromatic heterocycles. The number of hydrogen-bond acceptors (Lipinski definition) is 3. The summed E-state index contributed by atoms with van der Waals surface area (Å²) in [6.45, 7) is 2.04. The van der Waals surface area contributed by atoms with E-state index >= 15 is 0 Å². The molecule has 0 fully saturated rings. The molecule has 0 unspecified atom stereocenters. The van der Waals surface area contributed by atoms with Crippen LogP contribution in [-0.2, 0) is 0 Å². The molecule has 31 heavy (non-hydrogen) atoms. The van der Waals surface area contributed by atoms with E-state index in [1.165, 1.54) is 0 Å². The van der Waals surface area contributed by atoms with Crippen molar-refractivity contribution in [3.8, 4) is 11.5 Å². The molecule has 4 aromatic carbocycles. The van der Waals surface area contributed by atoms with Gasteiger partial charge in [-0.3, -0.25) is 4.79 Å². The van der Waals surface area contributed by atoms with E-state index in [-0.39, 0.29) is 5.91 Å². The molecular weight excluding hydrogens is 476 g/mol. The Bertz CT molecular complexity index is 1480. The van der Waals surface area contributed by atoms with Crippen LogP contribution in [0.1, 0.15) is 15.9 Å². The minimum Gasteiger partial charge on any atom is -0.436 e. The Kier molecular flexibility index (Phi) is 5.00. The number of carbonyl (C=O) groups is 1. The molecule has 0 aliphatic rings. The maximum absolute atomic E-state index is 13.0. The molecular formula is C25H16BrClN2O2. The third-order valence-corrected chi connectivity index (χ3v) is 6.01. The first-order valence-electron chi connectivity index (χ1n) is 9.65. The van der Waals surface area contributed by atoms with Gasteiger partial charge >= 0.3 is 0 Å². The number of oxazole rings is 1. The first kappa shape index (κ1) is 19.8. The Balaban J connectivity index is 1.48. The van der Waals surface area contributed by atoms with Crippen LogP contribution in [0.2, 0.25) is 5.02 Å². The van der Waals surface area contributed by atoms with E-state index in [1.807, 2.05) is 55.5 Å². The maximum Gasteiger partial charge on any atom is 0.256 e. The topological polar surface area (TPSA) is 55.1 Å². The predicted molar refractivity (Wildman–Crippen MR) is 129 cm³/mol. The molecule has 1 N–H and O–H groups in total. The third kappa shape index (κ3) is 3.71. The number of benzene rings is 4. The number of halogens is 2. The lowest BCUT2D eigenvalue weighted by atomic mass is 10.00. The highest BCUT2D eigenvalue weighted by molar-refractivity contribution is 9.10. The Morgan fingerprint density at radius 1 is 1.00 bits per heavy atom. The Morgan fingerprint density at radius 3 is 2.65 bits per heavy atom. The van der Waals surface area contributed by atoms with Crippen LogP contribution in [0.15, 0.2) is 81.7 Å². The zero-order valence-corrected chi connectivity index (χ0v) is 18.8. The molecule has 152 valence electrons. The summed E-state index contributed by atoms with van der Waals surface area (Å²) >= 11 is 9.75. The lowest BCUT2D eigenvalue weighted by molar-refractivity contribution is 0.102. The van der Waals surface area contributed by atoms with Crippen LogP contribution in [0.4, 0.5) is 5.69 Å². The van der Waals surface area contributed by atoms with Crippen LogP contribution in [0, 0.1) is 6.92 Å². The first-order valence-corrected chi connectivity index (χ1v) is 10.8. The van der Waals surface area contributed by atoms with E-state index in [0.717, 1.165) is 20.8 Å². The summed E-state index contributed by atoms with van der Waals surface area (Å²) in [5, 5.41) is 5.52. The summed E-state index contributed by atoms with van der Waals surface area (Å²) in [6.07, 6.45) is 0. The van der Waals surface area contributed by atoms with Gasteiger partial charge in [0.2, 0.25) is 5.89 Å². The second kappa shape index (κ2) is 7.84. The molecule has 1 heterocycles. The number of aromatic nitrogens is 1. The molecule has 0 saturated carbocycles. The van der Waals surface area contributed by atoms with Gasteiger partial charge in [0.15, 0.2) is 5.58 Å². The average Bonchev–Trinajstić information content (AvgIpc) is 3.19. The summed E-state index contributed by atoms with van der Waals surface area (Å²) in [7, 11) is 0. The highest BCUT2D eigenvalue weighted by Crippen LogP contribution is 2.33. The van der Waals surface area contributed by atoms with E-state index < -0.39 is 0 Å². The highest BCUT2D eigenvalue weighted by atomic mass is 79.9. The van der Waals surface area contributed by atoms with Crippen LogP contribution in [-0.4, -0.2) is 10.9 Å². The van der Waals surface area contributed by atoms with E-state index in [9.17, 15) is 4.79 Å². The van der Waals surface area contributed by atoms with Crippen molar-refractivity contribution in [1.29, 1.82) is 0 Å². The van der Waals surface area contributed by atoms with Gasteiger partial charge in [-0.05, 0) is 65.7 Å². The summed E-state index contributed by atoms with van der Waals surface area (Å²) in [4.78, 5) is 17.6. The molecule has 0 spiro atoms.